The lowest BCUT2D eigenvalue weighted by molar-refractivity contribution is 0.227. The molecule has 36 heavy (non-hydrogen) atoms. The molecule has 0 aliphatic carbocycles. The number of hydrogen-bond acceptors (Lipinski definition) is 6. The van der Waals surface area contributed by atoms with E-state index in [1.165, 1.54) is 17.7 Å². The van der Waals surface area contributed by atoms with E-state index in [2.05, 4.69) is 22.7 Å². The van der Waals surface area contributed by atoms with Crippen LogP contribution in [0, 0.1) is 5.82 Å². The Morgan fingerprint density at radius 2 is 1.67 bits per heavy atom. The van der Waals surface area contributed by atoms with Gasteiger partial charge in [-0.1, -0.05) is 12.1 Å². The van der Waals surface area contributed by atoms with Crippen LogP contribution in [-0.2, 0) is 10.0 Å². The summed E-state index contributed by atoms with van der Waals surface area (Å²) in [6, 6.07) is 16.0. The van der Waals surface area contributed by atoms with Gasteiger partial charge in [0.25, 0.3) is 10.0 Å². The molecular formula is C27H28FN3O4S. The molecule has 2 heterocycles. The van der Waals surface area contributed by atoms with E-state index in [9.17, 15) is 12.8 Å². The first-order valence-electron chi connectivity index (χ1n) is 11.7. The van der Waals surface area contributed by atoms with Crippen LogP contribution in [0.3, 0.4) is 0 Å². The Morgan fingerprint density at radius 3 is 2.33 bits per heavy atom. The summed E-state index contributed by atoms with van der Waals surface area (Å²) in [4.78, 5) is 7.48. The molecule has 1 saturated heterocycles. The number of likely N-dealkylation sites (tertiary alicyclic amines) is 1. The molecule has 1 N–H and O–H groups in total. The molecule has 7 nitrogen and oxygen atoms in total. The summed E-state index contributed by atoms with van der Waals surface area (Å²) in [5.74, 6) is 1.09. The lowest BCUT2D eigenvalue weighted by atomic mass is 9.79. The molecule has 2 aliphatic rings. The molecule has 188 valence electrons. The van der Waals surface area contributed by atoms with E-state index in [0.717, 1.165) is 48.5 Å². The quantitative estimate of drug-likeness (QED) is 0.537. The van der Waals surface area contributed by atoms with E-state index in [0.29, 0.717) is 17.2 Å². The maximum Gasteiger partial charge on any atom is 0.261 e. The minimum Gasteiger partial charge on any atom is -0.493 e. The number of nitrogens with one attached hydrogen (secondary N) is 1. The summed E-state index contributed by atoms with van der Waals surface area (Å²) in [6.45, 7) is 1.89. The van der Waals surface area contributed by atoms with Gasteiger partial charge in [-0.2, -0.15) is 0 Å². The van der Waals surface area contributed by atoms with Crippen LogP contribution < -0.4 is 14.2 Å². The zero-order valence-electron chi connectivity index (χ0n) is 20.4. The Bertz CT molecular complexity index is 1410. The largest absolute Gasteiger partial charge is 0.493 e. The second-order valence-electron chi connectivity index (χ2n) is 9.13. The first kappa shape index (κ1) is 24.3. The van der Waals surface area contributed by atoms with Gasteiger partial charge in [-0.15, -0.1) is 0 Å². The predicted molar refractivity (Wildman–Crippen MR) is 137 cm³/mol. The zero-order valence-corrected chi connectivity index (χ0v) is 21.2. The summed E-state index contributed by atoms with van der Waals surface area (Å²) < 4.78 is 52.3. The number of benzene rings is 3. The summed E-state index contributed by atoms with van der Waals surface area (Å²) in [5, 5.41) is 0. The monoisotopic (exact) mass is 509 g/mol. The van der Waals surface area contributed by atoms with Gasteiger partial charge in [-0.25, -0.2) is 12.8 Å². The number of halogens is 1. The minimum atomic E-state index is -3.84. The Balaban J connectivity index is 1.49. The number of likely N-dealkylation sites (N-methyl/N-ethyl adjacent to an activating group) is 1. The van der Waals surface area contributed by atoms with Gasteiger partial charge in [0.2, 0.25) is 0 Å². The first-order chi connectivity index (χ1) is 17.3. The molecule has 1 fully saturated rings. The van der Waals surface area contributed by atoms with Crippen molar-refractivity contribution in [3.63, 3.8) is 0 Å². The van der Waals surface area contributed by atoms with Crippen molar-refractivity contribution in [1.29, 1.82) is 0 Å². The van der Waals surface area contributed by atoms with Crippen molar-refractivity contribution in [3.05, 3.63) is 83.2 Å². The summed E-state index contributed by atoms with van der Waals surface area (Å²) in [6.07, 6.45) is 0.952. The number of methoxy groups -OCH3 is 2. The number of piperidine rings is 1. The fourth-order valence-corrected chi connectivity index (χ4v) is 6.02. The van der Waals surface area contributed by atoms with Crippen LogP contribution in [0.4, 0.5) is 10.1 Å². The molecule has 2 aliphatic heterocycles. The number of sulfonamides is 1. The first-order valence-corrected chi connectivity index (χ1v) is 13.2. The van der Waals surface area contributed by atoms with Crippen LogP contribution in [0.15, 0.2) is 70.6 Å². The van der Waals surface area contributed by atoms with Gasteiger partial charge in [0.05, 0.1) is 30.9 Å². The molecule has 0 radical (unpaired) electrons. The van der Waals surface area contributed by atoms with E-state index >= 15 is 0 Å². The van der Waals surface area contributed by atoms with Crippen LogP contribution in [-0.4, -0.2) is 59.4 Å². The van der Waals surface area contributed by atoms with Gasteiger partial charge >= 0.3 is 0 Å². The summed E-state index contributed by atoms with van der Waals surface area (Å²) in [7, 11) is 1.54. The van der Waals surface area contributed by atoms with E-state index in [1.54, 1.807) is 26.4 Å². The third-order valence-electron chi connectivity index (χ3n) is 6.82. The number of hydrogen-bond donors (Lipinski definition) is 1. The van der Waals surface area contributed by atoms with E-state index in [1.807, 2.05) is 18.2 Å². The third-order valence-corrected chi connectivity index (χ3v) is 8.22. The third kappa shape index (κ3) is 4.56. The van der Waals surface area contributed by atoms with Crippen molar-refractivity contribution in [2.45, 2.75) is 23.3 Å². The van der Waals surface area contributed by atoms with E-state index in [-0.39, 0.29) is 16.9 Å². The Labute approximate surface area is 210 Å². The van der Waals surface area contributed by atoms with Gasteiger partial charge in [0, 0.05) is 29.3 Å². The van der Waals surface area contributed by atoms with Crippen LogP contribution in [0.2, 0.25) is 0 Å². The van der Waals surface area contributed by atoms with Crippen molar-refractivity contribution in [1.82, 2.24) is 4.90 Å². The number of fused-ring (bicyclic) bond motifs is 3. The van der Waals surface area contributed by atoms with Gasteiger partial charge in [0.15, 0.2) is 11.5 Å². The average Bonchev–Trinajstić information content (AvgIpc) is 2.88. The average molecular weight is 510 g/mol. The maximum atomic E-state index is 13.2. The van der Waals surface area contributed by atoms with Crippen LogP contribution in [0.1, 0.15) is 29.0 Å². The molecule has 0 unspecified atom stereocenters. The van der Waals surface area contributed by atoms with Crippen LogP contribution in [0.25, 0.3) is 0 Å². The topological polar surface area (TPSA) is 80.2 Å². The molecule has 0 bridgehead atoms. The predicted octanol–water partition coefficient (Wildman–Crippen LogP) is 4.28. The van der Waals surface area contributed by atoms with Crippen LogP contribution in [0.5, 0.6) is 11.5 Å². The Morgan fingerprint density at radius 1 is 1.00 bits per heavy atom. The van der Waals surface area contributed by atoms with Gasteiger partial charge < -0.3 is 14.4 Å². The fraction of sp³-hybridized carbons (Fsp3) is 0.296. The van der Waals surface area contributed by atoms with Gasteiger partial charge in [0.1, 0.15) is 5.82 Å². The number of rotatable bonds is 6. The molecule has 5 rings (SSSR count). The summed E-state index contributed by atoms with van der Waals surface area (Å²) >= 11 is 0. The number of aliphatic imine (C=N–C) groups is 1. The maximum absolute atomic E-state index is 13.2. The van der Waals surface area contributed by atoms with Gasteiger partial charge in [-0.3, -0.25) is 9.71 Å². The van der Waals surface area contributed by atoms with Crippen molar-refractivity contribution in [2.24, 2.45) is 4.99 Å². The highest BCUT2D eigenvalue weighted by Gasteiger charge is 2.36. The molecule has 3 aromatic carbocycles. The van der Waals surface area contributed by atoms with E-state index < -0.39 is 15.8 Å². The van der Waals surface area contributed by atoms with Crippen LogP contribution >= 0.6 is 0 Å². The second-order valence-corrected chi connectivity index (χ2v) is 10.8. The van der Waals surface area contributed by atoms with E-state index in [4.69, 9.17) is 14.5 Å². The van der Waals surface area contributed by atoms with Crippen molar-refractivity contribution >= 4 is 21.4 Å². The highest BCUT2D eigenvalue weighted by atomic mass is 32.2. The van der Waals surface area contributed by atoms with Crippen molar-refractivity contribution < 1.29 is 22.3 Å². The molecule has 0 amide bonds. The Hall–Kier alpha value is -3.43. The Kier molecular flexibility index (Phi) is 6.44. The normalized spacial score (nSPS) is 19.6. The molecular weight excluding hydrogens is 481 g/mol. The molecule has 0 saturated carbocycles. The molecule has 2 atom stereocenters. The smallest absolute Gasteiger partial charge is 0.261 e. The number of ether oxygens (including phenoxy) is 2. The highest BCUT2D eigenvalue weighted by molar-refractivity contribution is 7.92. The summed E-state index contributed by atoms with van der Waals surface area (Å²) in [5.41, 5.74) is 4.30. The second kappa shape index (κ2) is 9.55. The standard InChI is InChI=1S/C27H28FN3O4S/c1-31-13-12-24-23(16-31)21-14-25(34-2)26(35-3)15-22(21)27(29-24)17-4-8-19(9-5-17)30-36(32,33)20-10-6-18(28)7-11-20/h4-11,14-15,23-24,30H,12-13,16H2,1-3H3/t23-,24-/m0/s1. The lowest BCUT2D eigenvalue weighted by Crippen LogP contribution is -2.41. The fourth-order valence-electron chi connectivity index (χ4n) is 4.96. The molecule has 9 heteroatoms. The molecule has 0 aromatic heterocycles. The molecule has 3 aromatic rings. The van der Waals surface area contributed by atoms with Crippen molar-refractivity contribution in [2.75, 3.05) is 39.1 Å². The minimum absolute atomic E-state index is 0.00656. The zero-order chi connectivity index (χ0) is 25.4. The highest BCUT2D eigenvalue weighted by Crippen LogP contribution is 2.42. The van der Waals surface area contributed by atoms with Crippen molar-refractivity contribution in [3.8, 4) is 11.5 Å². The molecule has 0 spiro atoms. The number of nitrogens with zero attached hydrogens (tertiary/aromatic N) is 2. The number of anilines is 1. The SMILES string of the molecule is COc1cc2c(cc1OC)[C@@H]1CN(C)CC[C@@H]1N=C2c1ccc(NS(=O)(=O)c2ccc(F)cc2)cc1. The lowest BCUT2D eigenvalue weighted by Gasteiger charge is -2.39. The van der Waals surface area contributed by atoms with Gasteiger partial charge in [-0.05, 0) is 74.1 Å².